The highest BCUT2D eigenvalue weighted by Gasteiger charge is 2.26. The highest BCUT2D eigenvalue weighted by molar-refractivity contribution is 5.85. The molecule has 0 aromatic carbocycles. The van der Waals surface area contributed by atoms with Crippen LogP contribution in [0.4, 0.5) is 0 Å². The minimum absolute atomic E-state index is 0. The second-order valence-electron chi connectivity index (χ2n) is 4.72. The van der Waals surface area contributed by atoms with Gasteiger partial charge in [0.15, 0.2) is 0 Å². The van der Waals surface area contributed by atoms with E-state index in [2.05, 4.69) is 15.2 Å². The monoisotopic (exact) mass is 266 g/mol. The van der Waals surface area contributed by atoms with Gasteiger partial charge in [-0.25, -0.2) is 0 Å². The van der Waals surface area contributed by atoms with E-state index in [1.165, 1.54) is 22.5 Å². The molecule has 0 amide bonds. The summed E-state index contributed by atoms with van der Waals surface area (Å²) >= 11 is 0. The molecule has 0 saturated heterocycles. The molecule has 0 unspecified atom stereocenters. The lowest BCUT2D eigenvalue weighted by molar-refractivity contribution is 0.418. The van der Waals surface area contributed by atoms with E-state index in [1.54, 1.807) is 6.26 Å². The van der Waals surface area contributed by atoms with E-state index in [0.29, 0.717) is 0 Å². The SMILES string of the molecule is Cl.c1onc2c1CCCn1nc3c(c1-2)CNCC3. The minimum atomic E-state index is 0. The van der Waals surface area contributed by atoms with Crippen LogP contribution in [0.1, 0.15) is 23.2 Å². The fourth-order valence-corrected chi connectivity index (χ4v) is 2.83. The maximum Gasteiger partial charge on any atom is 0.135 e. The van der Waals surface area contributed by atoms with E-state index in [1.807, 2.05) is 0 Å². The summed E-state index contributed by atoms with van der Waals surface area (Å²) in [6, 6.07) is 0. The van der Waals surface area contributed by atoms with Crippen LogP contribution in [0.5, 0.6) is 0 Å². The van der Waals surface area contributed by atoms with Crippen molar-refractivity contribution in [3.05, 3.63) is 23.1 Å². The predicted octanol–water partition coefficient (Wildman–Crippen LogP) is 1.55. The van der Waals surface area contributed by atoms with Crippen molar-refractivity contribution < 1.29 is 4.52 Å². The number of nitrogens with one attached hydrogen (secondary N) is 1. The number of nitrogens with zero attached hydrogens (tertiary/aromatic N) is 3. The number of aryl methyl sites for hydroxylation is 2. The normalized spacial score (nSPS) is 17.1. The van der Waals surface area contributed by atoms with Crippen molar-refractivity contribution in [2.75, 3.05) is 6.54 Å². The lowest BCUT2D eigenvalue weighted by Gasteiger charge is -2.12. The lowest BCUT2D eigenvalue weighted by Crippen LogP contribution is -2.23. The summed E-state index contributed by atoms with van der Waals surface area (Å²) < 4.78 is 7.25. The second kappa shape index (κ2) is 4.40. The summed E-state index contributed by atoms with van der Waals surface area (Å²) in [5, 5.41) is 12.3. The van der Waals surface area contributed by atoms with Crippen LogP contribution < -0.4 is 5.32 Å². The Labute approximate surface area is 111 Å². The van der Waals surface area contributed by atoms with Crippen LogP contribution in [0.3, 0.4) is 0 Å². The maximum absolute atomic E-state index is 5.13. The first-order chi connectivity index (χ1) is 8.43. The molecule has 0 radical (unpaired) electrons. The number of hydrogen-bond donors (Lipinski definition) is 1. The van der Waals surface area contributed by atoms with Gasteiger partial charge in [-0.15, -0.1) is 12.4 Å². The molecule has 2 aliphatic heterocycles. The third-order valence-corrected chi connectivity index (χ3v) is 3.66. The Balaban J connectivity index is 0.000001000. The molecule has 0 saturated carbocycles. The highest BCUT2D eigenvalue weighted by Crippen LogP contribution is 2.32. The van der Waals surface area contributed by atoms with Gasteiger partial charge in [0, 0.05) is 37.2 Å². The Bertz CT molecular complexity index is 575. The molecule has 18 heavy (non-hydrogen) atoms. The summed E-state index contributed by atoms with van der Waals surface area (Å²) in [6.45, 7) is 2.91. The van der Waals surface area contributed by atoms with E-state index in [4.69, 9.17) is 9.62 Å². The van der Waals surface area contributed by atoms with Crippen molar-refractivity contribution in [2.24, 2.45) is 0 Å². The standard InChI is InChI=1S/C12H14N4O.ClH/c1-2-8-7-17-15-11(8)12-9-6-13-4-3-10(9)14-16(12)5-1;/h7,13H,1-6H2;1H. The fourth-order valence-electron chi connectivity index (χ4n) is 2.83. The molecule has 0 aliphatic carbocycles. The van der Waals surface area contributed by atoms with Gasteiger partial charge in [0.1, 0.15) is 12.0 Å². The van der Waals surface area contributed by atoms with Gasteiger partial charge < -0.3 is 9.84 Å². The van der Waals surface area contributed by atoms with Gasteiger partial charge in [-0.3, -0.25) is 4.68 Å². The Hall–Kier alpha value is -1.33. The number of rotatable bonds is 0. The molecule has 2 aromatic heterocycles. The summed E-state index contributed by atoms with van der Waals surface area (Å²) in [6.07, 6.45) is 4.93. The molecule has 1 N–H and O–H groups in total. The molecule has 0 fully saturated rings. The van der Waals surface area contributed by atoms with Crippen LogP contribution in [0.25, 0.3) is 11.4 Å². The van der Waals surface area contributed by atoms with E-state index in [9.17, 15) is 0 Å². The first-order valence-electron chi connectivity index (χ1n) is 6.16. The largest absolute Gasteiger partial charge is 0.364 e. The molecular weight excluding hydrogens is 252 g/mol. The van der Waals surface area contributed by atoms with Gasteiger partial charge in [-0.1, -0.05) is 5.16 Å². The van der Waals surface area contributed by atoms with Crippen molar-refractivity contribution in [3.63, 3.8) is 0 Å². The summed E-state index contributed by atoms with van der Waals surface area (Å²) in [5.74, 6) is 0. The molecule has 4 heterocycles. The van der Waals surface area contributed by atoms with E-state index >= 15 is 0 Å². The fraction of sp³-hybridized carbons (Fsp3) is 0.500. The van der Waals surface area contributed by atoms with Crippen molar-refractivity contribution >= 4 is 12.4 Å². The summed E-state index contributed by atoms with van der Waals surface area (Å²) in [4.78, 5) is 0. The maximum atomic E-state index is 5.13. The van der Waals surface area contributed by atoms with Gasteiger partial charge >= 0.3 is 0 Å². The Morgan fingerprint density at radius 1 is 1.33 bits per heavy atom. The van der Waals surface area contributed by atoms with Gasteiger partial charge in [0.2, 0.25) is 0 Å². The molecule has 0 spiro atoms. The molecule has 96 valence electrons. The minimum Gasteiger partial charge on any atom is -0.364 e. The topological polar surface area (TPSA) is 55.9 Å². The number of fused-ring (bicyclic) bond motifs is 5. The molecular formula is C12H15ClN4O. The molecule has 0 atom stereocenters. The van der Waals surface area contributed by atoms with Crippen LogP contribution in [0.15, 0.2) is 10.8 Å². The van der Waals surface area contributed by atoms with E-state index < -0.39 is 0 Å². The average Bonchev–Trinajstić information content (AvgIpc) is 2.90. The van der Waals surface area contributed by atoms with Crippen molar-refractivity contribution in [1.82, 2.24) is 20.3 Å². The molecule has 2 aliphatic rings. The van der Waals surface area contributed by atoms with Gasteiger partial charge in [-0.05, 0) is 12.8 Å². The zero-order valence-electron chi connectivity index (χ0n) is 9.98. The van der Waals surface area contributed by atoms with Crippen molar-refractivity contribution in [1.29, 1.82) is 0 Å². The first-order valence-corrected chi connectivity index (χ1v) is 6.16. The molecule has 5 nitrogen and oxygen atoms in total. The Morgan fingerprint density at radius 2 is 2.28 bits per heavy atom. The molecule has 2 aromatic rings. The number of halogens is 1. The van der Waals surface area contributed by atoms with Gasteiger partial charge in [0.05, 0.1) is 11.4 Å². The zero-order chi connectivity index (χ0) is 11.2. The number of hydrogen-bond acceptors (Lipinski definition) is 4. The second-order valence-corrected chi connectivity index (χ2v) is 4.72. The van der Waals surface area contributed by atoms with E-state index in [-0.39, 0.29) is 12.4 Å². The first kappa shape index (κ1) is 11.7. The van der Waals surface area contributed by atoms with Crippen LogP contribution in [-0.2, 0) is 25.9 Å². The Morgan fingerprint density at radius 3 is 3.22 bits per heavy atom. The summed E-state index contributed by atoms with van der Waals surface area (Å²) in [5.41, 5.74) is 5.94. The number of aromatic nitrogens is 3. The highest BCUT2D eigenvalue weighted by atomic mass is 35.5. The van der Waals surface area contributed by atoms with Gasteiger partial charge in [0.25, 0.3) is 0 Å². The van der Waals surface area contributed by atoms with Crippen LogP contribution in [0.2, 0.25) is 0 Å². The predicted molar refractivity (Wildman–Crippen MR) is 68.7 cm³/mol. The molecule has 0 bridgehead atoms. The molecule has 6 heteroatoms. The third-order valence-electron chi connectivity index (χ3n) is 3.66. The summed E-state index contributed by atoms with van der Waals surface area (Å²) in [7, 11) is 0. The van der Waals surface area contributed by atoms with E-state index in [0.717, 1.165) is 44.6 Å². The smallest absolute Gasteiger partial charge is 0.135 e. The van der Waals surface area contributed by atoms with Crippen LogP contribution >= 0.6 is 12.4 Å². The van der Waals surface area contributed by atoms with Crippen LogP contribution in [-0.4, -0.2) is 21.5 Å². The third kappa shape index (κ3) is 1.58. The quantitative estimate of drug-likeness (QED) is 0.786. The Kier molecular flexibility index (Phi) is 2.87. The molecule has 4 rings (SSSR count). The van der Waals surface area contributed by atoms with Crippen molar-refractivity contribution in [2.45, 2.75) is 32.4 Å². The van der Waals surface area contributed by atoms with Crippen molar-refractivity contribution in [3.8, 4) is 11.4 Å². The zero-order valence-corrected chi connectivity index (χ0v) is 10.8. The van der Waals surface area contributed by atoms with Gasteiger partial charge in [-0.2, -0.15) is 5.10 Å². The average molecular weight is 267 g/mol. The lowest BCUT2D eigenvalue weighted by atomic mass is 10.0. The van der Waals surface area contributed by atoms with Crippen LogP contribution in [0, 0.1) is 0 Å².